The van der Waals surface area contributed by atoms with Crippen LogP contribution in [0.5, 0.6) is 11.5 Å². The van der Waals surface area contributed by atoms with Gasteiger partial charge in [-0.15, -0.1) is 0 Å². The zero-order valence-corrected chi connectivity index (χ0v) is 16.4. The molecular weight excluding hydrogens is 382 g/mol. The summed E-state index contributed by atoms with van der Waals surface area (Å²) in [4.78, 5) is 33.7. The number of fused-ring (bicyclic) bond motifs is 2. The molecule has 3 aromatic rings. The highest BCUT2D eigenvalue weighted by molar-refractivity contribution is 5.95. The number of amides is 2. The molecule has 0 radical (unpaired) electrons. The lowest BCUT2D eigenvalue weighted by Gasteiger charge is -2.37. The fraction of sp³-hybridized carbons (Fsp3) is 0.261. The van der Waals surface area contributed by atoms with Gasteiger partial charge in [0.05, 0.1) is 5.52 Å². The fourth-order valence-electron chi connectivity index (χ4n) is 3.82. The van der Waals surface area contributed by atoms with E-state index >= 15 is 0 Å². The number of carbonyl (C=O) groups is 2. The van der Waals surface area contributed by atoms with Crippen molar-refractivity contribution in [3.05, 3.63) is 66.4 Å². The van der Waals surface area contributed by atoms with Crippen LogP contribution in [0.2, 0.25) is 0 Å². The summed E-state index contributed by atoms with van der Waals surface area (Å²) in [6, 6.07) is 18.7. The number of carbonyl (C=O) groups excluding carboxylic acids is 2. The highest BCUT2D eigenvalue weighted by Gasteiger charge is 2.33. The van der Waals surface area contributed by atoms with Crippen molar-refractivity contribution in [2.24, 2.45) is 0 Å². The minimum Gasteiger partial charge on any atom is -0.485 e. The molecule has 1 fully saturated rings. The average molecular weight is 403 g/mol. The zero-order valence-electron chi connectivity index (χ0n) is 16.4. The number of rotatable bonds is 2. The summed E-state index contributed by atoms with van der Waals surface area (Å²) in [6.45, 7) is 2.03. The van der Waals surface area contributed by atoms with Crippen molar-refractivity contribution in [2.45, 2.75) is 6.10 Å². The molecule has 1 saturated heterocycles. The molecule has 2 amide bonds. The molecule has 2 aliphatic rings. The molecule has 2 aliphatic heterocycles. The van der Waals surface area contributed by atoms with Crippen LogP contribution in [0.1, 0.15) is 10.5 Å². The highest BCUT2D eigenvalue weighted by atomic mass is 16.6. The molecule has 7 heteroatoms. The Morgan fingerprint density at radius 1 is 0.833 bits per heavy atom. The molecule has 3 heterocycles. The molecule has 5 rings (SSSR count). The zero-order chi connectivity index (χ0) is 20.5. The first-order chi connectivity index (χ1) is 14.7. The Kier molecular flexibility index (Phi) is 4.71. The van der Waals surface area contributed by atoms with E-state index in [0.29, 0.717) is 43.4 Å². The van der Waals surface area contributed by atoms with Crippen LogP contribution in [0.3, 0.4) is 0 Å². The summed E-state index contributed by atoms with van der Waals surface area (Å²) in [5.74, 6) is 1.01. The molecule has 0 unspecified atom stereocenters. The lowest BCUT2D eigenvalue weighted by Crippen LogP contribution is -2.55. The molecule has 2 aromatic carbocycles. The van der Waals surface area contributed by atoms with E-state index in [-0.39, 0.29) is 18.4 Å². The van der Waals surface area contributed by atoms with Gasteiger partial charge in [0.15, 0.2) is 11.5 Å². The molecular formula is C23H21N3O4. The lowest BCUT2D eigenvalue weighted by atomic mass is 10.2. The van der Waals surface area contributed by atoms with Gasteiger partial charge in [-0.25, -0.2) is 4.98 Å². The Hall–Kier alpha value is -3.61. The first kappa shape index (κ1) is 18.4. The number of para-hydroxylation sites is 3. The molecule has 30 heavy (non-hydrogen) atoms. The van der Waals surface area contributed by atoms with E-state index < -0.39 is 6.10 Å². The van der Waals surface area contributed by atoms with Gasteiger partial charge in [-0.05, 0) is 24.3 Å². The molecule has 0 saturated carbocycles. The number of aromatic nitrogens is 1. The summed E-state index contributed by atoms with van der Waals surface area (Å²) in [5, 5.41) is 1.00. The number of hydrogen-bond acceptors (Lipinski definition) is 5. The van der Waals surface area contributed by atoms with Crippen molar-refractivity contribution in [2.75, 3.05) is 32.8 Å². The molecule has 1 atom stereocenters. The number of hydrogen-bond donors (Lipinski definition) is 0. The van der Waals surface area contributed by atoms with Crippen LogP contribution in [0.25, 0.3) is 10.9 Å². The van der Waals surface area contributed by atoms with Crippen molar-refractivity contribution >= 4 is 22.7 Å². The van der Waals surface area contributed by atoms with Gasteiger partial charge in [0.1, 0.15) is 12.3 Å². The largest absolute Gasteiger partial charge is 0.485 e. The van der Waals surface area contributed by atoms with Gasteiger partial charge in [0.25, 0.3) is 11.8 Å². The van der Waals surface area contributed by atoms with Gasteiger partial charge in [-0.1, -0.05) is 36.4 Å². The highest BCUT2D eigenvalue weighted by Crippen LogP contribution is 2.31. The van der Waals surface area contributed by atoms with Crippen LogP contribution >= 0.6 is 0 Å². The number of ether oxygens (including phenoxy) is 2. The number of piperazine rings is 1. The minimum atomic E-state index is -0.663. The van der Waals surface area contributed by atoms with Gasteiger partial charge in [0.2, 0.25) is 6.10 Å². The first-order valence-electron chi connectivity index (χ1n) is 10.0. The molecule has 0 aliphatic carbocycles. The Balaban J connectivity index is 1.21. The summed E-state index contributed by atoms with van der Waals surface area (Å²) >= 11 is 0. The number of nitrogens with zero attached hydrogens (tertiary/aromatic N) is 3. The van der Waals surface area contributed by atoms with Crippen LogP contribution in [0.15, 0.2) is 60.7 Å². The average Bonchev–Trinajstić information content (AvgIpc) is 2.82. The molecule has 0 spiro atoms. The van der Waals surface area contributed by atoms with Gasteiger partial charge in [-0.2, -0.15) is 0 Å². The Bertz CT molecular complexity index is 1110. The van der Waals surface area contributed by atoms with Crippen LogP contribution in [0.4, 0.5) is 0 Å². The second-order valence-electron chi connectivity index (χ2n) is 7.37. The van der Waals surface area contributed by atoms with Crippen LogP contribution in [-0.4, -0.2) is 65.5 Å². The van der Waals surface area contributed by atoms with Crippen LogP contribution in [-0.2, 0) is 4.79 Å². The van der Waals surface area contributed by atoms with Gasteiger partial charge < -0.3 is 19.3 Å². The molecule has 1 aromatic heterocycles. The topological polar surface area (TPSA) is 72.0 Å². The van der Waals surface area contributed by atoms with E-state index in [2.05, 4.69) is 4.98 Å². The lowest BCUT2D eigenvalue weighted by molar-refractivity contribution is -0.142. The Labute approximate surface area is 173 Å². The quantitative estimate of drug-likeness (QED) is 0.657. The van der Waals surface area contributed by atoms with E-state index in [0.717, 1.165) is 10.9 Å². The maximum Gasteiger partial charge on any atom is 0.272 e. The molecule has 0 N–H and O–H groups in total. The predicted octanol–water partition coefficient (Wildman–Crippen LogP) is 2.36. The van der Waals surface area contributed by atoms with Crippen molar-refractivity contribution in [1.82, 2.24) is 14.8 Å². The third kappa shape index (κ3) is 3.43. The smallest absolute Gasteiger partial charge is 0.272 e. The molecule has 152 valence electrons. The third-order valence-corrected chi connectivity index (χ3v) is 5.48. The molecule has 0 bridgehead atoms. The van der Waals surface area contributed by atoms with Crippen LogP contribution in [0, 0.1) is 0 Å². The minimum absolute atomic E-state index is 0.111. The Morgan fingerprint density at radius 2 is 1.53 bits per heavy atom. The van der Waals surface area contributed by atoms with E-state index in [1.165, 1.54) is 0 Å². The van der Waals surface area contributed by atoms with Crippen molar-refractivity contribution in [3.8, 4) is 11.5 Å². The van der Waals surface area contributed by atoms with Crippen LogP contribution < -0.4 is 9.47 Å². The van der Waals surface area contributed by atoms with Crippen molar-refractivity contribution in [3.63, 3.8) is 0 Å². The van der Waals surface area contributed by atoms with Crippen molar-refractivity contribution in [1.29, 1.82) is 0 Å². The number of pyridine rings is 1. The third-order valence-electron chi connectivity index (χ3n) is 5.48. The van der Waals surface area contributed by atoms with E-state index in [1.54, 1.807) is 21.9 Å². The van der Waals surface area contributed by atoms with E-state index in [9.17, 15) is 9.59 Å². The summed E-state index contributed by atoms with van der Waals surface area (Å²) in [6.07, 6.45) is -0.663. The monoisotopic (exact) mass is 403 g/mol. The first-order valence-corrected chi connectivity index (χ1v) is 10.0. The SMILES string of the molecule is O=C(c1ccc2ccccc2n1)N1CCN(C(=O)[C@H]2COc3ccccc3O2)CC1. The number of benzene rings is 2. The second kappa shape index (κ2) is 7.67. The predicted molar refractivity (Wildman–Crippen MR) is 111 cm³/mol. The normalized spacial score (nSPS) is 18.3. The molecule has 7 nitrogen and oxygen atoms in total. The summed E-state index contributed by atoms with van der Waals surface area (Å²) in [5.41, 5.74) is 1.22. The second-order valence-corrected chi connectivity index (χ2v) is 7.37. The van der Waals surface area contributed by atoms with Gasteiger partial charge >= 0.3 is 0 Å². The summed E-state index contributed by atoms with van der Waals surface area (Å²) < 4.78 is 11.5. The van der Waals surface area contributed by atoms with Gasteiger partial charge in [-0.3, -0.25) is 9.59 Å². The standard InChI is InChI=1S/C23H21N3O4/c27-22(18-10-9-16-5-1-2-6-17(16)24-18)25-11-13-26(14-12-25)23(28)21-15-29-19-7-3-4-8-20(19)30-21/h1-10,21H,11-15H2/t21-/m1/s1. The summed E-state index contributed by atoms with van der Waals surface area (Å²) in [7, 11) is 0. The maximum atomic E-state index is 12.9. The van der Waals surface area contributed by atoms with Crippen molar-refractivity contribution < 1.29 is 19.1 Å². The Morgan fingerprint density at radius 3 is 2.37 bits per heavy atom. The fourth-order valence-corrected chi connectivity index (χ4v) is 3.82. The van der Waals surface area contributed by atoms with Gasteiger partial charge in [0, 0.05) is 31.6 Å². The maximum absolute atomic E-state index is 12.9. The van der Waals surface area contributed by atoms with E-state index in [1.807, 2.05) is 48.5 Å². The van der Waals surface area contributed by atoms with E-state index in [4.69, 9.17) is 9.47 Å².